The van der Waals surface area contributed by atoms with Gasteiger partial charge in [0.2, 0.25) is 0 Å². The van der Waals surface area contributed by atoms with E-state index in [2.05, 4.69) is 68.5 Å². The van der Waals surface area contributed by atoms with Crippen molar-refractivity contribution in [1.29, 1.82) is 0 Å². The van der Waals surface area contributed by atoms with Crippen LogP contribution < -0.4 is 0 Å². The summed E-state index contributed by atoms with van der Waals surface area (Å²) >= 11 is 7.89. The van der Waals surface area contributed by atoms with Gasteiger partial charge in [-0.05, 0) is 34.4 Å². The molecule has 0 atom stereocenters. The molecular weight excluding hydrogens is 521 g/mol. The van der Waals surface area contributed by atoms with E-state index in [1.807, 2.05) is 71.9 Å². The van der Waals surface area contributed by atoms with E-state index in [0.29, 0.717) is 0 Å². The lowest BCUT2D eigenvalue weighted by molar-refractivity contribution is 1.15. The first-order chi connectivity index (χ1) is 17.9. The summed E-state index contributed by atoms with van der Waals surface area (Å²) in [6.45, 7) is 3.43. The molecule has 36 heavy (non-hydrogen) atoms. The first kappa shape index (κ1) is 29.1. The summed E-state index contributed by atoms with van der Waals surface area (Å²) in [5.41, 5.74) is 4.56. The largest absolute Gasteiger partial charge is 0.292 e. The molecule has 0 saturated heterocycles. The fraction of sp³-hybridized carbons (Fsp3) is 0.429. The molecule has 0 spiro atoms. The standard InChI is InChI=1S/C28H36N4S4/c1-3-25-19-26(4-1)22-30-8-12-34-16-18-36-14-10-32-24-28-6-2-5-27(20-28)23-31-9-13-35-17-15-33-11-7-29-21-25/h1-6,19-24H,7-18H2. The van der Waals surface area contributed by atoms with Crippen LogP contribution in [0, 0.1) is 0 Å². The van der Waals surface area contributed by atoms with Crippen molar-refractivity contribution in [3.63, 3.8) is 0 Å². The molecule has 0 radical (unpaired) electrons. The number of rotatable bonds is 0. The van der Waals surface area contributed by atoms with Crippen LogP contribution in [0.2, 0.25) is 0 Å². The summed E-state index contributed by atoms with van der Waals surface area (Å²) < 4.78 is 0. The molecule has 1 aliphatic rings. The van der Waals surface area contributed by atoms with Crippen LogP contribution in [-0.4, -0.2) is 97.1 Å². The van der Waals surface area contributed by atoms with Crippen LogP contribution >= 0.6 is 47.0 Å². The molecule has 0 aliphatic carbocycles. The number of nitrogens with zero attached hydrogens (tertiary/aromatic N) is 4. The van der Waals surface area contributed by atoms with E-state index in [4.69, 9.17) is 0 Å². The molecule has 3 rings (SSSR count). The zero-order chi connectivity index (χ0) is 24.9. The Balaban J connectivity index is 1.46. The average molecular weight is 557 g/mol. The molecule has 0 saturated carbocycles. The van der Waals surface area contributed by atoms with Gasteiger partial charge in [0.15, 0.2) is 0 Å². The third-order valence-corrected chi connectivity index (χ3v) is 9.36. The second-order valence-corrected chi connectivity index (χ2v) is 12.8. The second-order valence-electron chi connectivity index (χ2n) is 7.93. The Morgan fingerprint density at radius 1 is 0.389 bits per heavy atom. The van der Waals surface area contributed by atoms with Gasteiger partial charge in [0, 0.05) is 97.1 Å². The molecule has 4 nitrogen and oxygen atoms in total. The van der Waals surface area contributed by atoms with Gasteiger partial charge in [-0.1, -0.05) is 36.4 Å². The Bertz CT molecular complexity index is 841. The summed E-state index contributed by atoms with van der Waals surface area (Å²) in [5, 5.41) is 0. The highest BCUT2D eigenvalue weighted by Crippen LogP contribution is 2.09. The summed E-state index contributed by atoms with van der Waals surface area (Å²) in [6, 6.07) is 16.9. The van der Waals surface area contributed by atoms with Crippen molar-refractivity contribution < 1.29 is 0 Å². The van der Waals surface area contributed by atoms with Gasteiger partial charge in [-0.2, -0.15) is 47.0 Å². The first-order valence-corrected chi connectivity index (χ1v) is 17.0. The lowest BCUT2D eigenvalue weighted by atomic mass is 10.1. The summed E-state index contributed by atoms with van der Waals surface area (Å²) in [5.74, 6) is 8.89. The van der Waals surface area contributed by atoms with Crippen molar-refractivity contribution in [3.8, 4) is 0 Å². The van der Waals surface area contributed by atoms with E-state index in [1.165, 1.54) is 0 Å². The third kappa shape index (κ3) is 13.7. The Hall–Kier alpha value is -1.48. The van der Waals surface area contributed by atoms with Gasteiger partial charge in [0.05, 0.1) is 0 Å². The number of aliphatic imine (C=N–C) groups is 4. The molecule has 192 valence electrons. The number of thioether (sulfide) groups is 4. The molecule has 0 amide bonds. The summed E-state index contributed by atoms with van der Waals surface area (Å²) in [4.78, 5) is 18.4. The Kier molecular flexibility index (Phi) is 15.8. The molecular formula is C28H36N4S4. The third-order valence-electron chi connectivity index (χ3n) is 4.99. The quantitative estimate of drug-likeness (QED) is 0.399. The van der Waals surface area contributed by atoms with Crippen LogP contribution in [-0.2, 0) is 0 Å². The molecule has 1 heterocycles. The normalized spacial score (nSPS) is 18.0. The van der Waals surface area contributed by atoms with Crippen LogP contribution in [0.3, 0.4) is 0 Å². The Morgan fingerprint density at radius 3 is 0.944 bits per heavy atom. The maximum atomic E-state index is 4.60. The molecule has 0 aromatic heterocycles. The van der Waals surface area contributed by atoms with Crippen LogP contribution in [0.25, 0.3) is 0 Å². The molecule has 8 heteroatoms. The minimum atomic E-state index is 0.858. The fourth-order valence-corrected chi connectivity index (χ4v) is 6.87. The predicted octanol–water partition coefficient (Wildman–Crippen LogP) is 6.01. The van der Waals surface area contributed by atoms with Crippen molar-refractivity contribution in [3.05, 3.63) is 70.8 Å². The van der Waals surface area contributed by atoms with Gasteiger partial charge in [-0.3, -0.25) is 20.0 Å². The van der Waals surface area contributed by atoms with E-state index >= 15 is 0 Å². The minimum Gasteiger partial charge on any atom is -0.292 e. The lowest BCUT2D eigenvalue weighted by Gasteiger charge is -2.01. The molecule has 2 aromatic carbocycles. The topological polar surface area (TPSA) is 49.4 Å². The maximum absolute atomic E-state index is 4.60. The smallest absolute Gasteiger partial charge is 0.0480 e. The van der Waals surface area contributed by atoms with Gasteiger partial charge in [-0.15, -0.1) is 0 Å². The highest BCUT2D eigenvalue weighted by Gasteiger charge is 1.95. The van der Waals surface area contributed by atoms with Gasteiger partial charge in [0.25, 0.3) is 0 Å². The summed E-state index contributed by atoms with van der Waals surface area (Å²) in [6.07, 6.45) is 7.94. The van der Waals surface area contributed by atoms with Gasteiger partial charge in [-0.25, -0.2) is 0 Å². The molecule has 1 aliphatic heterocycles. The molecule has 4 bridgehead atoms. The Morgan fingerprint density at radius 2 is 0.667 bits per heavy atom. The van der Waals surface area contributed by atoms with E-state index in [9.17, 15) is 0 Å². The molecule has 0 unspecified atom stereocenters. The first-order valence-electron chi connectivity index (χ1n) is 12.4. The molecule has 2 aromatic rings. The SMILES string of the molecule is C1=NCCSCCSCCN=Cc2cccc(c2)C=NCCSCCSCCN=Cc2cccc1c2. The predicted molar refractivity (Wildman–Crippen MR) is 172 cm³/mol. The van der Waals surface area contributed by atoms with Crippen LogP contribution in [0.15, 0.2) is 68.5 Å². The fourth-order valence-electron chi connectivity index (χ4n) is 3.23. The zero-order valence-electron chi connectivity index (χ0n) is 20.8. The maximum Gasteiger partial charge on any atom is 0.0480 e. The van der Waals surface area contributed by atoms with E-state index in [1.54, 1.807) is 0 Å². The number of benzene rings is 2. The van der Waals surface area contributed by atoms with E-state index in [-0.39, 0.29) is 0 Å². The highest BCUT2D eigenvalue weighted by molar-refractivity contribution is 8.03. The molecule has 0 fully saturated rings. The van der Waals surface area contributed by atoms with E-state index < -0.39 is 0 Å². The van der Waals surface area contributed by atoms with Crippen molar-refractivity contribution >= 4 is 71.9 Å². The number of hydrogen-bond donors (Lipinski definition) is 0. The van der Waals surface area contributed by atoms with Crippen molar-refractivity contribution in [2.24, 2.45) is 20.0 Å². The summed E-state index contributed by atoms with van der Waals surface area (Å²) in [7, 11) is 0. The van der Waals surface area contributed by atoms with Crippen LogP contribution in [0.1, 0.15) is 22.3 Å². The highest BCUT2D eigenvalue weighted by atomic mass is 32.2. The second kappa shape index (κ2) is 19.6. The number of hydrogen-bond acceptors (Lipinski definition) is 8. The monoisotopic (exact) mass is 556 g/mol. The molecule has 0 N–H and O–H groups in total. The van der Waals surface area contributed by atoms with E-state index in [0.717, 1.165) is 94.5 Å². The van der Waals surface area contributed by atoms with Gasteiger partial charge >= 0.3 is 0 Å². The zero-order valence-corrected chi connectivity index (χ0v) is 24.1. The van der Waals surface area contributed by atoms with Crippen molar-refractivity contribution in [1.82, 2.24) is 0 Å². The average Bonchev–Trinajstić information content (AvgIpc) is 2.90. The lowest BCUT2D eigenvalue weighted by Crippen LogP contribution is -1.95. The van der Waals surface area contributed by atoms with Crippen LogP contribution in [0.5, 0.6) is 0 Å². The van der Waals surface area contributed by atoms with Gasteiger partial charge < -0.3 is 0 Å². The number of fused-ring (bicyclic) bond motifs is 4. The van der Waals surface area contributed by atoms with Gasteiger partial charge in [0.1, 0.15) is 0 Å². The van der Waals surface area contributed by atoms with Crippen LogP contribution in [0.4, 0.5) is 0 Å². The minimum absolute atomic E-state index is 0.858. The Labute approximate surface area is 233 Å². The van der Waals surface area contributed by atoms with Crippen molar-refractivity contribution in [2.45, 2.75) is 0 Å². The van der Waals surface area contributed by atoms with Crippen molar-refractivity contribution in [2.75, 3.05) is 72.2 Å².